The maximum Gasteiger partial charge on any atom is 0.326 e. The molecule has 4 nitrogen and oxygen atoms in total. The summed E-state index contributed by atoms with van der Waals surface area (Å²) in [5, 5.41) is 3.43. The van der Waals surface area contributed by atoms with Gasteiger partial charge in [-0.25, -0.2) is 0 Å². The highest BCUT2D eigenvalue weighted by molar-refractivity contribution is 5.80. The van der Waals surface area contributed by atoms with Crippen LogP contribution in [-0.2, 0) is 9.53 Å². The van der Waals surface area contributed by atoms with Crippen LogP contribution in [0.5, 0.6) is 0 Å². The highest BCUT2D eigenvalue weighted by Crippen LogP contribution is 2.37. The zero-order chi connectivity index (χ0) is 14.3. The fraction of sp³-hybridized carbons (Fsp3) is 0.933. The van der Waals surface area contributed by atoms with Crippen molar-refractivity contribution in [3.63, 3.8) is 0 Å². The van der Waals surface area contributed by atoms with Crippen LogP contribution in [0.3, 0.4) is 0 Å². The monoisotopic (exact) mass is 270 g/mol. The number of carbonyl (C=O) groups is 1. The summed E-state index contributed by atoms with van der Waals surface area (Å²) in [7, 11) is 0. The molecule has 4 heteroatoms. The normalized spacial score (nSPS) is 18.4. The van der Waals surface area contributed by atoms with Crippen molar-refractivity contribution in [3.05, 3.63) is 0 Å². The molecule has 1 rings (SSSR count). The molecule has 19 heavy (non-hydrogen) atoms. The molecule has 0 aromatic rings. The minimum absolute atomic E-state index is 0.0959. The van der Waals surface area contributed by atoms with Crippen molar-refractivity contribution in [1.29, 1.82) is 0 Å². The van der Waals surface area contributed by atoms with Crippen molar-refractivity contribution in [2.24, 2.45) is 5.92 Å². The molecule has 0 heterocycles. The zero-order valence-electron chi connectivity index (χ0n) is 13.0. The summed E-state index contributed by atoms with van der Waals surface area (Å²) in [6.45, 7) is 12.6. The highest BCUT2D eigenvalue weighted by atomic mass is 16.5. The summed E-state index contributed by atoms with van der Waals surface area (Å²) < 4.78 is 5.23. The Labute approximate surface area is 117 Å². The lowest BCUT2D eigenvalue weighted by Crippen LogP contribution is -2.52. The van der Waals surface area contributed by atoms with Gasteiger partial charge in [-0.05, 0) is 39.3 Å². The summed E-state index contributed by atoms with van der Waals surface area (Å²) in [5.41, 5.74) is -0.510. The first-order chi connectivity index (χ1) is 9.05. The summed E-state index contributed by atoms with van der Waals surface area (Å²) >= 11 is 0. The van der Waals surface area contributed by atoms with Crippen LogP contribution in [0.2, 0.25) is 0 Å². The molecule has 0 aliphatic heterocycles. The van der Waals surface area contributed by atoms with Gasteiger partial charge in [-0.15, -0.1) is 0 Å². The van der Waals surface area contributed by atoms with Crippen molar-refractivity contribution in [1.82, 2.24) is 10.2 Å². The van der Waals surface area contributed by atoms with Crippen LogP contribution in [0.1, 0.15) is 47.0 Å². The van der Waals surface area contributed by atoms with Crippen LogP contribution in [0.25, 0.3) is 0 Å². The Kier molecular flexibility index (Phi) is 6.80. The van der Waals surface area contributed by atoms with Gasteiger partial charge < -0.3 is 15.0 Å². The minimum Gasteiger partial charge on any atom is -0.465 e. The fourth-order valence-corrected chi connectivity index (χ4v) is 2.45. The third kappa shape index (κ3) is 5.49. The molecule has 1 saturated carbocycles. The molecular weight excluding hydrogens is 240 g/mol. The van der Waals surface area contributed by atoms with Crippen molar-refractivity contribution < 1.29 is 9.53 Å². The number of hydrogen-bond acceptors (Lipinski definition) is 4. The third-order valence-electron chi connectivity index (χ3n) is 3.96. The Morgan fingerprint density at radius 2 is 1.95 bits per heavy atom. The van der Waals surface area contributed by atoms with E-state index in [2.05, 4.69) is 24.1 Å². The quantitative estimate of drug-likeness (QED) is 0.617. The van der Waals surface area contributed by atoms with E-state index in [0.29, 0.717) is 12.5 Å². The Morgan fingerprint density at radius 3 is 2.42 bits per heavy atom. The zero-order valence-corrected chi connectivity index (χ0v) is 13.0. The average Bonchev–Trinajstić information content (AvgIpc) is 3.19. The third-order valence-corrected chi connectivity index (χ3v) is 3.96. The molecule has 0 amide bonds. The van der Waals surface area contributed by atoms with E-state index in [1.54, 1.807) is 0 Å². The van der Waals surface area contributed by atoms with Gasteiger partial charge in [-0.3, -0.25) is 4.79 Å². The molecule has 1 atom stereocenters. The predicted octanol–water partition coefficient (Wildman–Crippen LogP) is 2.04. The first-order valence-corrected chi connectivity index (χ1v) is 7.70. The van der Waals surface area contributed by atoms with Gasteiger partial charge in [0.05, 0.1) is 6.61 Å². The fourth-order valence-electron chi connectivity index (χ4n) is 2.45. The summed E-state index contributed by atoms with van der Waals surface area (Å²) in [4.78, 5) is 14.5. The lowest BCUT2D eigenvalue weighted by atomic mass is 9.94. The number of ether oxygens (including phenoxy) is 1. The number of rotatable bonds is 10. The second-order valence-electron chi connectivity index (χ2n) is 5.65. The minimum atomic E-state index is -0.510. The van der Waals surface area contributed by atoms with E-state index >= 15 is 0 Å². The van der Waals surface area contributed by atoms with E-state index in [1.165, 1.54) is 12.8 Å². The molecule has 1 aliphatic carbocycles. The number of carbonyl (C=O) groups excluding carboxylic acids is 1. The number of esters is 1. The Morgan fingerprint density at radius 1 is 1.32 bits per heavy atom. The predicted molar refractivity (Wildman–Crippen MR) is 78.2 cm³/mol. The van der Waals surface area contributed by atoms with Crippen LogP contribution in [0.15, 0.2) is 0 Å². The molecule has 0 radical (unpaired) electrons. The van der Waals surface area contributed by atoms with Crippen LogP contribution in [0, 0.1) is 5.92 Å². The average molecular weight is 270 g/mol. The lowest BCUT2D eigenvalue weighted by Gasteiger charge is -2.30. The Balaban J connectivity index is 2.46. The SMILES string of the molecule is CCOC(=O)C(C)(CC1CC1)NCCN(CC)CC. The second-order valence-corrected chi connectivity index (χ2v) is 5.65. The Hall–Kier alpha value is -0.610. The van der Waals surface area contributed by atoms with Crippen molar-refractivity contribution in [2.45, 2.75) is 52.5 Å². The molecule has 0 spiro atoms. The molecule has 1 unspecified atom stereocenters. The maximum absolute atomic E-state index is 12.1. The standard InChI is InChI=1S/C15H30N2O2/c1-5-17(6-2)11-10-16-15(4,12-13-8-9-13)14(18)19-7-3/h13,16H,5-12H2,1-4H3. The largest absolute Gasteiger partial charge is 0.465 e. The van der Waals surface area contributed by atoms with Crippen molar-refractivity contribution >= 4 is 5.97 Å². The van der Waals surface area contributed by atoms with E-state index < -0.39 is 5.54 Å². The smallest absolute Gasteiger partial charge is 0.326 e. The molecule has 0 bridgehead atoms. The number of hydrogen-bond donors (Lipinski definition) is 1. The summed E-state index contributed by atoms with van der Waals surface area (Å²) in [6.07, 6.45) is 3.42. The van der Waals surface area contributed by atoms with E-state index in [0.717, 1.165) is 32.6 Å². The van der Waals surface area contributed by atoms with E-state index in [9.17, 15) is 4.79 Å². The second kappa shape index (κ2) is 7.85. The van der Waals surface area contributed by atoms with Crippen molar-refractivity contribution in [3.8, 4) is 0 Å². The van der Waals surface area contributed by atoms with Gasteiger partial charge in [0.15, 0.2) is 0 Å². The van der Waals surface area contributed by atoms with Crippen molar-refractivity contribution in [2.75, 3.05) is 32.8 Å². The van der Waals surface area contributed by atoms with Gasteiger partial charge in [-0.2, -0.15) is 0 Å². The van der Waals surface area contributed by atoms with Crippen LogP contribution in [-0.4, -0.2) is 49.2 Å². The van der Waals surface area contributed by atoms with Gasteiger partial charge in [0, 0.05) is 13.1 Å². The number of nitrogens with zero attached hydrogens (tertiary/aromatic N) is 1. The van der Waals surface area contributed by atoms with Crippen LogP contribution >= 0.6 is 0 Å². The van der Waals surface area contributed by atoms with E-state index in [1.807, 2.05) is 13.8 Å². The van der Waals surface area contributed by atoms with Crippen LogP contribution in [0.4, 0.5) is 0 Å². The molecule has 0 aromatic carbocycles. The highest BCUT2D eigenvalue weighted by Gasteiger charge is 2.39. The summed E-state index contributed by atoms with van der Waals surface area (Å²) in [6, 6.07) is 0. The molecular formula is C15H30N2O2. The molecule has 1 N–H and O–H groups in total. The van der Waals surface area contributed by atoms with Crippen LogP contribution < -0.4 is 5.32 Å². The van der Waals surface area contributed by atoms with E-state index in [-0.39, 0.29) is 5.97 Å². The van der Waals surface area contributed by atoms with Gasteiger partial charge in [0.2, 0.25) is 0 Å². The lowest BCUT2D eigenvalue weighted by molar-refractivity contribution is -0.151. The van der Waals surface area contributed by atoms with Gasteiger partial charge in [-0.1, -0.05) is 26.7 Å². The van der Waals surface area contributed by atoms with Gasteiger partial charge >= 0.3 is 5.97 Å². The topological polar surface area (TPSA) is 41.6 Å². The molecule has 0 saturated heterocycles. The molecule has 112 valence electrons. The van der Waals surface area contributed by atoms with Gasteiger partial charge in [0.1, 0.15) is 5.54 Å². The number of likely N-dealkylation sites (N-methyl/N-ethyl adjacent to an activating group) is 1. The van der Waals surface area contributed by atoms with Gasteiger partial charge in [0.25, 0.3) is 0 Å². The first kappa shape index (κ1) is 16.4. The summed E-state index contributed by atoms with van der Waals surface area (Å²) in [5.74, 6) is 0.608. The molecule has 1 aliphatic rings. The maximum atomic E-state index is 12.1. The van der Waals surface area contributed by atoms with E-state index in [4.69, 9.17) is 4.74 Å². The molecule has 1 fully saturated rings. The number of nitrogens with one attached hydrogen (secondary N) is 1. The Bertz CT molecular complexity index is 275. The molecule has 0 aromatic heterocycles. The first-order valence-electron chi connectivity index (χ1n) is 7.70.